The summed E-state index contributed by atoms with van der Waals surface area (Å²) < 4.78 is 19.0. The molecule has 0 saturated heterocycles. The van der Waals surface area contributed by atoms with Gasteiger partial charge in [0.15, 0.2) is 5.69 Å². The van der Waals surface area contributed by atoms with Crippen LogP contribution in [-0.2, 0) is 0 Å². The van der Waals surface area contributed by atoms with Crippen molar-refractivity contribution in [3.63, 3.8) is 0 Å². The van der Waals surface area contributed by atoms with Gasteiger partial charge in [0.05, 0.1) is 22.1 Å². The summed E-state index contributed by atoms with van der Waals surface area (Å²) in [6.45, 7) is 0. The molecule has 9 nitrogen and oxygen atoms in total. The summed E-state index contributed by atoms with van der Waals surface area (Å²) in [5.41, 5.74) is 6.64. The third-order valence-corrected chi connectivity index (χ3v) is 10.3. The van der Waals surface area contributed by atoms with Gasteiger partial charge in [0.2, 0.25) is 5.69 Å². The fourth-order valence-electron chi connectivity index (χ4n) is 7.75. The smallest absolute Gasteiger partial charge is 0.312 e. The van der Waals surface area contributed by atoms with Crippen LogP contribution in [-0.4, -0.2) is 29.2 Å². The number of hydrogen-bond acceptors (Lipinski definition) is 6. The molecule has 274 valence electrons. The first-order valence-electron chi connectivity index (χ1n) is 18.9. The second kappa shape index (κ2) is 13.8. The standard InChI is InChI=1S/C49H32N7O2/c1-3-17-44-39(15-1)41-23-21-37(29-46(41)55(44)48-19-5-7-25-50-48)57-35-13-9-11-33(27-35)43-31-53-54(32-52-43)34-12-10-14-36(28-34)58-38-22-24-42-40-16-2-4-18-45(40)56(47(42)30-38)49-20-6-8-26-51-49/h1-32H/q+1. The number of aromatic nitrogens is 7. The highest BCUT2D eigenvalue weighted by molar-refractivity contribution is 6.10. The Bertz CT molecular complexity index is 3070. The Morgan fingerprint density at radius 2 is 0.948 bits per heavy atom. The van der Waals surface area contributed by atoms with Crippen molar-refractivity contribution in [3.8, 4) is 51.6 Å². The van der Waals surface area contributed by atoms with Gasteiger partial charge in [-0.05, 0) is 89.9 Å². The second-order valence-corrected chi connectivity index (χ2v) is 13.9. The zero-order valence-electron chi connectivity index (χ0n) is 30.9. The van der Waals surface area contributed by atoms with E-state index in [1.165, 1.54) is 0 Å². The molecule has 0 aliphatic carbocycles. The van der Waals surface area contributed by atoms with Crippen molar-refractivity contribution in [1.82, 2.24) is 29.2 Å². The van der Waals surface area contributed by atoms with Crippen LogP contribution in [0.5, 0.6) is 23.0 Å². The van der Waals surface area contributed by atoms with Gasteiger partial charge >= 0.3 is 6.33 Å². The summed E-state index contributed by atoms with van der Waals surface area (Å²) in [7, 11) is 0. The number of hydrogen-bond donors (Lipinski definition) is 0. The highest BCUT2D eigenvalue weighted by Gasteiger charge is 2.17. The fourth-order valence-corrected chi connectivity index (χ4v) is 7.75. The quantitative estimate of drug-likeness (QED) is 0.144. The molecule has 0 atom stereocenters. The molecule has 0 fully saturated rings. The van der Waals surface area contributed by atoms with Crippen molar-refractivity contribution >= 4 is 43.6 Å². The topological polar surface area (TPSA) is 83.8 Å². The summed E-state index contributed by atoms with van der Waals surface area (Å²) >= 11 is 0. The van der Waals surface area contributed by atoms with Gasteiger partial charge in [-0.2, -0.15) is 0 Å². The lowest BCUT2D eigenvalue weighted by molar-refractivity contribution is -0.662. The van der Waals surface area contributed by atoms with Gasteiger partial charge in [-0.1, -0.05) is 71.8 Å². The Morgan fingerprint density at radius 3 is 1.52 bits per heavy atom. The lowest BCUT2D eigenvalue weighted by Gasteiger charge is -2.09. The van der Waals surface area contributed by atoms with E-state index in [2.05, 4.69) is 91.9 Å². The van der Waals surface area contributed by atoms with E-state index in [9.17, 15) is 0 Å². The number of fused-ring (bicyclic) bond motifs is 6. The van der Waals surface area contributed by atoms with Crippen LogP contribution in [0.3, 0.4) is 0 Å². The van der Waals surface area contributed by atoms with Crippen LogP contribution in [0, 0.1) is 0 Å². The lowest BCUT2D eigenvalue weighted by atomic mass is 10.1. The van der Waals surface area contributed by atoms with Crippen LogP contribution in [0.25, 0.3) is 72.2 Å². The lowest BCUT2D eigenvalue weighted by Crippen LogP contribution is -2.35. The zero-order chi connectivity index (χ0) is 38.4. The molecule has 5 heterocycles. The van der Waals surface area contributed by atoms with E-state index < -0.39 is 0 Å². The third-order valence-electron chi connectivity index (χ3n) is 10.3. The minimum Gasteiger partial charge on any atom is -0.457 e. The molecule has 6 aromatic carbocycles. The van der Waals surface area contributed by atoms with Gasteiger partial charge in [0, 0.05) is 57.7 Å². The minimum atomic E-state index is 0.680. The van der Waals surface area contributed by atoms with Crippen LogP contribution < -0.4 is 14.2 Å². The molecule has 0 bridgehead atoms. The Labute approximate surface area is 332 Å². The Morgan fingerprint density at radius 1 is 0.414 bits per heavy atom. The van der Waals surface area contributed by atoms with Crippen molar-refractivity contribution < 1.29 is 14.2 Å². The summed E-state index contributed by atoms with van der Waals surface area (Å²) in [6.07, 6.45) is 7.10. The summed E-state index contributed by atoms with van der Waals surface area (Å²) in [5.74, 6) is 4.52. The van der Waals surface area contributed by atoms with Gasteiger partial charge < -0.3 is 9.47 Å². The molecule has 0 amide bonds. The van der Waals surface area contributed by atoms with E-state index >= 15 is 0 Å². The van der Waals surface area contributed by atoms with Crippen LogP contribution in [0.4, 0.5) is 0 Å². The summed E-state index contributed by atoms with van der Waals surface area (Å²) in [4.78, 5) is 14.1. The number of ether oxygens (including phenoxy) is 2. The number of rotatable bonds is 8. The van der Waals surface area contributed by atoms with E-state index in [0.29, 0.717) is 17.2 Å². The van der Waals surface area contributed by atoms with Crippen LogP contribution in [0.15, 0.2) is 195 Å². The van der Waals surface area contributed by atoms with E-state index in [4.69, 9.17) is 19.6 Å². The molecule has 0 spiro atoms. The molecule has 0 aliphatic rings. The van der Waals surface area contributed by atoms with Crippen molar-refractivity contribution in [3.05, 3.63) is 195 Å². The Balaban J connectivity index is 0.849. The molecular weight excluding hydrogens is 719 g/mol. The van der Waals surface area contributed by atoms with Gasteiger partial charge in [0.25, 0.3) is 0 Å². The predicted molar refractivity (Wildman–Crippen MR) is 226 cm³/mol. The van der Waals surface area contributed by atoms with Gasteiger partial charge in [-0.3, -0.25) is 9.13 Å². The van der Waals surface area contributed by atoms with Crippen LogP contribution in [0.1, 0.15) is 0 Å². The molecule has 0 radical (unpaired) electrons. The largest absolute Gasteiger partial charge is 0.457 e. The van der Waals surface area contributed by atoms with Crippen LogP contribution in [0.2, 0.25) is 0 Å². The molecule has 0 saturated carbocycles. The molecule has 0 unspecified atom stereocenters. The molecule has 11 aromatic rings. The normalized spacial score (nSPS) is 11.4. The fraction of sp³-hybridized carbons (Fsp3) is 0. The molecule has 9 heteroatoms. The minimum absolute atomic E-state index is 0.680. The first-order valence-corrected chi connectivity index (χ1v) is 18.9. The third kappa shape index (κ3) is 5.86. The summed E-state index contributed by atoms with van der Waals surface area (Å²) in [6, 6.07) is 56.7. The number of para-hydroxylation sites is 2. The highest BCUT2D eigenvalue weighted by atomic mass is 16.5. The van der Waals surface area contributed by atoms with E-state index in [-0.39, 0.29) is 0 Å². The van der Waals surface area contributed by atoms with E-state index in [0.717, 1.165) is 77.9 Å². The molecule has 0 aliphatic heterocycles. The maximum absolute atomic E-state index is 6.45. The van der Waals surface area contributed by atoms with Gasteiger partial charge in [-0.25, -0.2) is 9.97 Å². The molecule has 11 rings (SSSR count). The SMILES string of the molecule is c1ccc(-n2c3ccccc3c3ccc(Oc4cccc(-c5cn[n+](-c6cccc(Oc7ccc8c9ccccc9n(-c9ccccn9)c8c7)c6)cn5)c4)cc32)nc1. The monoisotopic (exact) mass is 750 g/mol. The first-order chi connectivity index (χ1) is 28.7. The molecule has 5 aromatic heterocycles. The maximum atomic E-state index is 6.45. The molecular formula is C49H32N7O2+. The molecule has 0 N–H and O–H groups in total. The number of nitrogens with zero attached hydrogens (tertiary/aromatic N) is 7. The molecule has 58 heavy (non-hydrogen) atoms. The first kappa shape index (κ1) is 33.2. The Hall–Kier alpha value is -8.17. The van der Waals surface area contributed by atoms with Crippen molar-refractivity contribution in [2.75, 3.05) is 0 Å². The summed E-state index contributed by atoms with van der Waals surface area (Å²) in [5, 5.41) is 9.32. The van der Waals surface area contributed by atoms with Crippen molar-refractivity contribution in [1.29, 1.82) is 0 Å². The zero-order valence-corrected chi connectivity index (χ0v) is 30.9. The van der Waals surface area contributed by atoms with E-state index in [1.807, 2.05) is 109 Å². The van der Waals surface area contributed by atoms with E-state index in [1.54, 1.807) is 17.2 Å². The van der Waals surface area contributed by atoms with Crippen LogP contribution >= 0.6 is 0 Å². The van der Waals surface area contributed by atoms with Crippen molar-refractivity contribution in [2.24, 2.45) is 0 Å². The van der Waals surface area contributed by atoms with Gasteiger partial charge in [-0.15, -0.1) is 4.68 Å². The predicted octanol–water partition coefficient (Wildman–Crippen LogP) is 11.0. The number of benzene rings is 6. The average molecular weight is 751 g/mol. The average Bonchev–Trinajstić information content (AvgIpc) is 3.79. The van der Waals surface area contributed by atoms with Crippen molar-refractivity contribution in [2.45, 2.75) is 0 Å². The van der Waals surface area contributed by atoms with Gasteiger partial charge in [0.1, 0.15) is 40.8 Å². The number of pyridine rings is 2. The highest BCUT2D eigenvalue weighted by Crippen LogP contribution is 2.37. The Kier molecular flexibility index (Phi) is 7.92. The maximum Gasteiger partial charge on any atom is 0.312 e. The second-order valence-electron chi connectivity index (χ2n) is 13.9.